The molecule has 0 rings (SSSR count). The Kier molecular flexibility index (Phi) is 4.99. The first-order valence-electron chi connectivity index (χ1n) is 3.83. The van der Waals surface area contributed by atoms with E-state index in [0.717, 1.165) is 19.5 Å². The molecular weight excluding hydrogens is 126 g/mol. The van der Waals surface area contributed by atoms with Crippen LogP contribution < -0.4 is 0 Å². The van der Waals surface area contributed by atoms with Crippen LogP contribution in [0, 0.1) is 6.92 Å². The molecule has 0 aromatic carbocycles. The fraction of sp³-hybridized carbons (Fsp3) is 0.750. The van der Waals surface area contributed by atoms with Crippen LogP contribution >= 0.6 is 0 Å². The molecule has 2 heteroatoms. The summed E-state index contributed by atoms with van der Waals surface area (Å²) in [5.41, 5.74) is 0. The van der Waals surface area contributed by atoms with Gasteiger partial charge in [0.1, 0.15) is 0 Å². The van der Waals surface area contributed by atoms with Crippen LogP contribution in [0.4, 0.5) is 0 Å². The van der Waals surface area contributed by atoms with Gasteiger partial charge in [-0.2, -0.15) is 0 Å². The number of hydrogen-bond acceptors (Lipinski definition) is 1. The molecule has 0 bridgehead atoms. The second kappa shape index (κ2) is 5.27. The Balaban J connectivity index is 3.68. The minimum atomic E-state index is 0.157. The van der Waals surface area contributed by atoms with Crippen LogP contribution in [0.3, 0.4) is 0 Å². The maximum absolute atomic E-state index is 11.0. The summed E-state index contributed by atoms with van der Waals surface area (Å²) < 4.78 is 0. The normalized spacial score (nSPS) is 9.50. The predicted molar refractivity (Wildman–Crippen MR) is 42.5 cm³/mol. The van der Waals surface area contributed by atoms with Gasteiger partial charge in [-0.05, 0) is 20.3 Å². The molecule has 2 nitrogen and oxygen atoms in total. The van der Waals surface area contributed by atoms with Gasteiger partial charge in [0.25, 0.3) is 0 Å². The second-order valence-electron chi connectivity index (χ2n) is 2.22. The lowest BCUT2D eigenvalue weighted by molar-refractivity contribution is -0.130. The molecule has 0 aromatic heterocycles. The highest BCUT2D eigenvalue weighted by Crippen LogP contribution is 1.94. The van der Waals surface area contributed by atoms with Gasteiger partial charge in [0, 0.05) is 19.5 Å². The molecule has 0 atom stereocenters. The number of nitrogens with zero attached hydrogens (tertiary/aromatic N) is 1. The zero-order valence-corrected chi connectivity index (χ0v) is 6.89. The highest BCUT2D eigenvalue weighted by Gasteiger charge is 2.05. The predicted octanol–water partition coefficient (Wildman–Crippen LogP) is 1.47. The van der Waals surface area contributed by atoms with Gasteiger partial charge >= 0.3 is 0 Å². The molecular formula is C8H16NO. The molecule has 0 saturated carbocycles. The van der Waals surface area contributed by atoms with Crippen LogP contribution in [0.2, 0.25) is 0 Å². The van der Waals surface area contributed by atoms with Crippen molar-refractivity contribution >= 4 is 5.91 Å². The van der Waals surface area contributed by atoms with Gasteiger partial charge in [-0.15, -0.1) is 0 Å². The average molecular weight is 142 g/mol. The Hall–Kier alpha value is -0.530. The summed E-state index contributed by atoms with van der Waals surface area (Å²) in [4.78, 5) is 12.8. The molecule has 1 radical (unpaired) electrons. The first kappa shape index (κ1) is 9.47. The molecule has 0 aliphatic carbocycles. The summed E-state index contributed by atoms with van der Waals surface area (Å²) in [6.07, 6.45) is 1.41. The van der Waals surface area contributed by atoms with Gasteiger partial charge in [-0.25, -0.2) is 0 Å². The van der Waals surface area contributed by atoms with Crippen LogP contribution in [0.15, 0.2) is 0 Å². The largest absolute Gasteiger partial charge is 0.343 e. The number of carbonyl (C=O) groups is 1. The van der Waals surface area contributed by atoms with Gasteiger partial charge < -0.3 is 4.90 Å². The first-order chi connectivity index (χ1) is 4.76. The van der Waals surface area contributed by atoms with Crippen molar-refractivity contribution in [2.75, 3.05) is 13.1 Å². The highest BCUT2D eigenvalue weighted by atomic mass is 16.2. The molecule has 0 unspecified atom stereocenters. The van der Waals surface area contributed by atoms with Gasteiger partial charge in [-0.1, -0.05) is 6.92 Å². The summed E-state index contributed by atoms with van der Waals surface area (Å²) in [6.45, 7) is 9.28. The van der Waals surface area contributed by atoms with E-state index in [9.17, 15) is 4.79 Å². The van der Waals surface area contributed by atoms with Gasteiger partial charge in [0.2, 0.25) is 5.91 Å². The Morgan fingerprint density at radius 2 is 2.10 bits per heavy atom. The maximum Gasteiger partial charge on any atom is 0.222 e. The van der Waals surface area contributed by atoms with E-state index in [1.54, 1.807) is 0 Å². The van der Waals surface area contributed by atoms with Crippen molar-refractivity contribution in [3.8, 4) is 0 Å². The van der Waals surface area contributed by atoms with Gasteiger partial charge in [0.15, 0.2) is 0 Å². The van der Waals surface area contributed by atoms with E-state index in [0.29, 0.717) is 6.42 Å². The monoisotopic (exact) mass is 142 g/mol. The molecule has 1 amide bonds. The number of rotatable bonds is 4. The lowest BCUT2D eigenvalue weighted by Crippen LogP contribution is -2.30. The van der Waals surface area contributed by atoms with Gasteiger partial charge in [0.05, 0.1) is 0 Å². The SMILES string of the molecule is [CH2]CC(=O)N(CC)CCC. The van der Waals surface area contributed by atoms with Gasteiger partial charge in [-0.3, -0.25) is 4.79 Å². The van der Waals surface area contributed by atoms with Crippen molar-refractivity contribution in [3.05, 3.63) is 6.92 Å². The lowest BCUT2D eigenvalue weighted by atomic mass is 10.3. The molecule has 0 saturated heterocycles. The second-order valence-corrected chi connectivity index (χ2v) is 2.22. The summed E-state index contributed by atoms with van der Waals surface area (Å²) >= 11 is 0. The Labute approximate surface area is 63.2 Å². The quantitative estimate of drug-likeness (QED) is 0.582. The number of hydrogen-bond donors (Lipinski definition) is 0. The van der Waals surface area contributed by atoms with E-state index < -0.39 is 0 Å². The van der Waals surface area contributed by atoms with Crippen molar-refractivity contribution in [2.45, 2.75) is 26.7 Å². The number of carbonyl (C=O) groups excluding carboxylic acids is 1. The third kappa shape index (κ3) is 2.85. The van der Waals surface area contributed by atoms with Crippen molar-refractivity contribution in [1.82, 2.24) is 4.90 Å². The van der Waals surface area contributed by atoms with Crippen LogP contribution in [-0.2, 0) is 4.79 Å². The Morgan fingerprint density at radius 3 is 2.40 bits per heavy atom. The molecule has 0 N–H and O–H groups in total. The van der Waals surface area contributed by atoms with E-state index in [1.807, 2.05) is 11.8 Å². The topological polar surface area (TPSA) is 20.3 Å². The molecule has 0 aliphatic heterocycles. The molecule has 0 aromatic rings. The van der Waals surface area contributed by atoms with Crippen molar-refractivity contribution < 1.29 is 4.79 Å². The third-order valence-electron chi connectivity index (χ3n) is 1.44. The third-order valence-corrected chi connectivity index (χ3v) is 1.44. The Morgan fingerprint density at radius 1 is 1.50 bits per heavy atom. The fourth-order valence-corrected chi connectivity index (χ4v) is 0.887. The molecule has 0 aliphatic rings. The van der Waals surface area contributed by atoms with Crippen LogP contribution in [0.25, 0.3) is 0 Å². The van der Waals surface area contributed by atoms with Crippen molar-refractivity contribution in [3.63, 3.8) is 0 Å². The Bertz CT molecular complexity index is 101. The standard InChI is InChI=1S/C8H16NO/c1-4-7-9(6-3)8(10)5-2/h2,4-7H2,1,3H3. The van der Waals surface area contributed by atoms with Crippen LogP contribution in [0.1, 0.15) is 26.7 Å². The van der Waals surface area contributed by atoms with E-state index in [4.69, 9.17) is 0 Å². The van der Waals surface area contributed by atoms with Crippen molar-refractivity contribution in [1.29, 1.82) is 0 Å². The van der Waals surface area contributed by atoms with Crippen molar-refractivity contribution in [2.24, 2.45) is 0 Å². The molecule has 0 spiro atoms. The summed E-state index contributed by atoms with van der Waals surface area (Å²) in [5.74, 6) is 0.157. The molecule has 10 heavy (non-hydrogen) atoms. The first-order valence-corrected chi connectivity index (χ1v) is 3.83. The van der Waals surface area contributed by atoms with E-state index in [1.165, 1.54) is 0 Å². The minimum absolute atomic E-state index is 0.157. The highest BCUT2D eigenvalue weighted by molar-refractivity contribution is 5.76. The summed E-state index contributed by atoms with van der Waals surface area (Å²) in [7, 11) is 0. The van der Waals surface area contributed by atoms with Crippen LogP contribution in [0.5, 0.6) is 0 Å². The van der Waals surface area contributed by atoms with E-state index in [-0.39, 0.29) is 5.91 Å². The molecule has 0 fully saturated rings. The minimum Gasteiger partial charge on any atom is -0.343 e. The molecule has 59 valence electrons. The molecule has 0 heterocycles. The van der Waals surface area contributed by atoms with E-state index >= 15 is 0 Å². The van der Waals surface area contributed by atoms with Crippen LogP contribution in [-0.4, -0.2) is 23.9 Å². The zero-order valence-electron chi connectivity index (χ0n) is 6.89. The zero-order chi connectivity index (χ0) is 7.98. The smallest absolute Gasteiger partial charge is 0.222 e. The fourth-order valence-electron chi connectivity index (χ4n) is 0.887. The summed E-state index contributed by atoms with van der Waals surface area (Å²) in [5, 5.41) is 0. The maximum atomic E-state index is 11.0. The summed E-state index contributed by atoms with van der Waals surface area (Å²) in [6, 6.07) is 0. The average Bonchev–Trinajstić information content (AvgIpc) is 1.99. The van der Waals surface area contributed by atoms with E-state index in [2.05, 4.69) is 13.8 Å². The lowest BCUT2D eigenvalue weighted by Gasteiger charge is -2.18. The number of amides is 1.